The van der Waals surface area contributed by atoms with Crippen molar-refractivity contribution in [1.29, 1.82) is 0 Å². The summed E-state index contributed by atoms with van der Waals surface area (Å²) >= 11 is 0. The molecule has 5 fully saturated rings. The number of hydrogen-bond acceptors (Lipinski definition) is 23. The molecule has 0 amide bonds. The largest absolute Gasteiger partial charge is 0.467 e. The van der Waals surface area contributed by atoms with Crippen molar-refractivity contribution in [3.63, 3.8) is 0 Å². The first kappa shape index (κ1) is 73.2. The van der Waals surface area contributed by atoms with E-state index in [1.807, 2.05) is 40.7 Å². The molecule has 5 saturated heterocycles. The standard InChI is InChI=1S/C68H83N9O20/c1-11-46-52(92-64-38(5)37(4)54(58(97-64)63(82)83-9)94-66-49(72-75-69)36(3)35(2)47(89-66)33-86-60(79)43-26-18-13-19-27-43)40(7)51(74-77-71)67(88-46)96-57-55(41(8)78)95-68(59(91-62(81)45-30-22-15-23-31-45)56(57)85-32-42-24-16-12-17-25-42)93-53-39(6)50(73-76-70)65(84-10)90-48(53)34-87-61(80)44-28-20-14-21-29-44/h12-31,35-40,46-59,64-68H,11,32-34H2,1-10H3/t35-,36-,37+,38?,39+,40+,46?,47?,48?,49?,50?,51?,52-,53-,54-,55?,56?,57-,58?,59-,64+,65-,66+,67-,68+/m0/s1. The highest BCUT2D eigenvalue weighted by Crippen LogP contribution is 2.44. The molecule has 0 radical (unpaired) electrons. The van der Waals surface area contributed by atoms with E-state index in [-0.39, 0.29) is 42.6 Å². The minimum absolute atomic E-state index is 0.118. The fourth-order valence-corrected chi connectivity index (χ4v) is 13.0. The van der Waals surface area contributed by atoms with Crippen LogP contribution in [-0.2, 0) is 87.2 Å². The summed E-state index contributed by atoms with van der Waals surface area (Å²) in [7, 11) is 2.55. The third-order valence-electron chi connectivity index (χ3n) is 18.9. The van der Waals surface area contributed by atoms with Crippen molar-refractivity contribution in [3.8, 4) is 0 Å². The van der Waals surface area contributed by atoms with Gasteiger partial charge < -0.3 is 71.1 Å². The lowest BCUT2D eigenvalue weighted by Crippen LogP contribution is -2.66. The Kier molecular flexibility index (Phi) is 26.0. The number of nitrogens with zero attached hydrogens (tertiary/aromatic N) is 9. The topological polar surface area (TPSA) is 370 Å². The molecule has 0 aliphatic carbocycles. The molecule has 4 aromatic rings. The number of azide groups is 3. The van der Waals surface area contributed by atoms with Crippen molar-refractivity contribution in [3.05, 3.63) is 175 Å². The third-order valence-corrected chi connectivity index (χ3v) is 18.9. The van der Waals surface area contributed by atoms with Crippen LogP contribution in [0.4, 0.5) is 0 Å². The minimum Gasteiger partial charge on any atom is -0.467 e. The van der Waals surface area contributed by atoms with Crippen LogP contribution in [0.5, 0.6) is 0 Å². The Morgan fingerprint density at radius 3 is 1.40 bits per heavy atom. The number of benzene rings is 4. The van der Waals surface area contributed by atoms with Crippen molar-refractivity contribution >= 4 is 29.7 Å². The van der Waals surface area contributed by atoms with E-state index in [1.165, 1.54) is 33.3 Å². The van der Waals surface area contributed by atoms with Gasteiger partial charge in [-0.3, -0.25) is 4.79 Å². The van der Waals surface area contributed by atoms with Crippen molar-refractivity contribution in [2.24, 2.45) is 50.9 Å². The summed E-state index contributed by atoms with van der Waals surface area (Å²) in [6.07, 6.45) is -20.3. The lowest BCUT2D eigenvalue weighted by Gasteiger charge is -2.51. The zero-order valence-electron chi connectivity index (χ0n) is 55.5. The van der Waals surface area contributed by atoms with Gasteiger partial charge in [0.1, 0.15) is 43.7 Å². The molecule has 5 heterocycles. The second-order valence-electron chi connectivity index (χ2n) is 24.8. The summed E-state index contributed by atoms with van der Waals surface area (Å²) in [5.41, 5.74) is 31.3. The van der Waals surface area contributed by atoms with Crippen LogP contribution in [-0.4, -0.2) is 174 Å². The maximum atomic E-state index is 14.6. The number of methoxy groups -OCH3 is 2. The number of carbonyl (C=O) groups is 5. The van der Waals surface area contributed by atoms with Gasteiger partial charge >= 0.3 is 23.9 Å². The van der Waals surface area contributed by atoms with Gasteiger partial charge in [0, 0.05) is 27.8 Å². The summed E-state index contributed by atoms with van der Waals surface area (Å²) in [5.74, 6) is -6.92. The van der Waals surface area contributed by atoms with Crippen molar-refractivity contribution in [2.45, 2.75) is 185 Å². The van der Waals surface area contributed by atoms with Crippen LogP contribution >= 0.6 is 0 Å². The van der Waals surface area contributed by atoms with Gasteiger partial charge in [0.05, 0.1) is 72.9 Å². The highest BCUT2D eigenvalue weighted by atomic mass is 16.8. The summed E-state index contributed by atoms with van der Waals surface area (Å²) in [5, 5.41) is 12.3. The Morgan fingerprint density at radius 1 is 0.443 bits per heavy atom. The second kappa shape index (κ2) is 34.4. The third kappa shape index (κ3) is 17.3. The van der Waals surface area contributed by atoms with Gasteiger partial charge in [-0.25, -0.2) is 19.2 Å². The van der Waals surface area contributed by atoms with E-state index in [4.69, 9.17) is 71.1 Å². The molecule has 0 saturated carbocycles. The molecular formula is C68H83N9O20. The Balaban J connectivity index is 1.01. The van der Waals surface area contributed by atoms with Crippen molar-refractivity contribution in [2.75, 3.05) is 27.4 Å². The van der Waals surface area contributed by atoms with Crippen molar-refractivity contribution < 1.29 is 95.0 Å². The number of rotatable bonds is 26. The van der Waals surface area contributed by atoms with E-state index < -0.39 is 177 Å². The Hall–Kier alpha value is -8.08. The summed E-state index contributed by atoms with van der Waals surface area (Å²) in [6.45, 7) is 13.2. The predicted molar refractivity (Wildman–Crippen MR) is 341 cm³/mol. The zero-order chi connectivity index (χ0) is 69.4. The molecule has 5 aliphatic heterocycles. The summed E-state index contributed by atoms with van der Waals surface area (Å²) < 4.78 is 96.2. The molecule has 10 unspecified atom stereocenters. The highest BCUT2D eigenvalue weighted by molar-refractivity contribution is 5.90. The monoisotopic (exact) mass is 1350 g/mol. The van der Waals surface area contributed by atoms with Gasteiger partial charge in [-0.2, -0.15) is 0 Å². The molecule has 29 heteroatoms. The summed E-state index contributed by atoms with van der Waals surface area (Å²) in [6, 6.07) is 30.6. The molecule has 0 aromatic heterocycles. The Bertz CT molecular complexity index is 3430. The number of carbonyl (C=O) groups excluding carboxylic acids is 5. The SMILES string of the molecule is CCC1O[C@@H](O[C@H]2C(C(C)=O)O[C@@H](O[C@@H]3C(COC(=O)c4ccccc4)O[C@H](OC)C(N=[N+]=[N-])[C@H]3C)[C@@H](OC(=O)c3ccccc3)C2OCc2ccccc2)C(N=[N+]=[N-])[C@@H](C)[C@@H]1O[C@@H]1OC(C(=O)OC)[C@@H](O[C@H]2OC(COC(=O)c3ccccc3)[C@@H](C)[C@H](C)C2N=[N+]=[N-])[C@H](C)C1C. The first-order chi connectivity index (χ1) is 46.8. The van der Waals surface area contributed by atoms with Gasteiger partial charge in [0.2, 0.25) is 0 Å². The number of ether oxygens (including phenoxy) is 15. The van der Waals surface area contributed by atoms with E-state index in [9.17, 15) is 40.6 Å². The lowest BCUT2D eigenvalue weighted by atomic mass is 9.81. The molecule has 5 aliphatic rings. The van der Waals surface area contributed by atoms with E-state index >= 15 is 0 Å². The van der Waals surface area contributed by atoms with Crippen LogP contribution in [0.3, 0.4) is 0 Å². The Morgan fingerprint density at radius 2 is 0.887 bits per heavy atom. The first-order valence-corrected chi connectivity index (χ1v) is 32.3. The average molecular weight is 1350 g/mol. The molecule has 520 valence electrons. The van der Waals surface area contributed by atoms with Gasteiger partial charge in [-0.15, -0.1) is 0 Å². The molecule has 0 N–H and O–H groups in total. The van der Waals surface area contributed by atoms with E-state index in [0.717, 1.165) is 0 Å². The van der Waals surface area contributed by atoms with Crippen LogP contribution < -0.4 is 0 Å². The van der Waals surface area contributed by atoms with Crippen LogP contribution in [0.2, 0.25) is 0 Å². The average Bonchev–Trinajstić information content (AvgIpc) is 0.770. The fraction of sp³-hybridized carbons (Fsp3) is 0.574. The maximum absolute atomic E-state index is 14.6. The first-order valence-electron chi connectivity index (χ1n) is 32.3. The normalized spacial score (nSPS) is 34.8. The van der Waals surface area contributed by atoms with Gasteiger partial charge in [0.15, 0.2) is 49.4 Å². The highest BCUT2D eigenvalue weighted by Gasteiger charge is 2.58. The number of esters is 4. The molecule has 9 rings (SSSR count). The smallest absolute Gasteiger partial charge is 0.338 e. The fourth-order valence-electron chi connectivity index (χ4n) is 13.0. The molecule has 0 bridgehead atoms. The van der Waals surface area contributed by atoms with Gasteiger partial charge in [-0.1, -0.05) is 149 Å². The van der Waals surface area contributed by atoms with Crippen LogP contribution in [0.1, 0.15) is 98.4 Å². The molecule has 0 spiro atoms. The van der Waals surface area contributed by atoms with E-state index in [0.29, 0.717) is 11.1 Å². The second-order valence-corrected chi connectivity index (χ2v) is 24.8. The molecule has 4 aromatic carbocycles. The quantitative estimate of drug-likeness (QED) is 0.0185. The molecular weight excluding hydrogens is 1260 g/mol. The Labute approximate surface area is 561 Å². The maximum Gasteiger partial charge on any atom is 0.338 e. The summed E-state index contributed by atoms with van der Waals surface area (Å²) in [4.78, 5) is 78.9. The van der Waals surface area contributed by atoms with Crippen LogP contribution in [0.25, 0.3) is 31.3 Å². The zero-order valence-corrected chi connectivity index (χ0v) is 55.5. The number of ketones is 1. The van der Waals surface area contributed by atoms with Gasteiger partial charge in [0.25, 0.3) is 0 Å². The van der Waals surface area contributed by atoms with Crippen molar-refractivity contribution in [1.82, 2.24) is 0 Å². The molecule has 97 heavy (non-hydrogen) atoms. The van der Waals surface area contributed by atoms with Crippen LogP contribution in [0, 0.1) is 35.5 Å². The van der Waals surface area contributed by atoms with Gasteiger partial charge in [-0.05, 0) is 101 Å². The van der Waals surface area contributed by atoms with E-state index in [1.54, 1.807) is 117 Å². The molecule has 25 atom stereocenters. The minimum atomic E-state index is -1.72. The lowest BCUT2D eigenvalue weighted by molar-refractivity contribution is -0.365. The number of Topliss-reactive ketones (excluding diaryl/α,β-unsaturated/α-hetero) is 1. The van der Waals surface area contributed by atoms with E-state index in [2.05, 4.69) is 30.1 Å². The number of hydrogen-bond donors (Lipinski definition) is 0. The van der Waals surface area contributed by atoms with Crippen LogP contribution in [0.15, 0.2) is 137 Å². The predicted octanol–water partition coefficient (Wildman–Crippen LogP) is 10.3. The molecule has 29 nitrogen and oxygen atoms in total.